The molecular weight excluding hydrogens is 232 g/mol. The number of carbonyl (C=O) groups excluding carboxylic acids is 2. The molecule has 0 aliphatic rings. The molecule has 0 bridgehead atoms. The number of hydrogen-bond acceptors (Lipinski definition) is 4. The lowest BCUT2D eigenvalue weighted by Crippen LogP contribution is -2.13. The van der Waals surface area contributed by atoms with Gasteiger partial charge in [-0.3, -0.25) is 0 Å². The topological polar surface area (TPSA) is 52.6 Å². The second-order valence-corrected chi connectivity index (χ2v) is 4.06. The minimum absolute atomic E-state index is 0.299. The quantitative estimate of drug-likeness (QED) is 0.303. The van der Waals surface area contributed by atoms with Gasteiger partial charge in [0, 0.05) is 12.0 Å². The molecule has 0 aromatic rings. The summed E-state index contributed by atoms with van der Waals surface area (Å²) >= 11 is 0. The van der Waals surface area contributed by atoms with Crippen LogP contribution in [-0.4, -0.2) is 18.5 Å². The lowest BCUT2D eigenvalue weighted by molar-refractivity contribution is -0.139. The largest absolute Gasteiger partial charge is 0.462 e. The normalized spacial score (nSPS) is 11.6. The first kappa shape index (κ1) is 16.4. The standard InChI is InChI=1S/C14H22O4/c1-6-8-9-17-14(16)11(5)12(7-2)18-13(15)10(3)4/h3,6-9H2,1-2,4-5H3. The van der Waals surface area contributed by atoms with Crippen LogP contribution in [0.2, 0.25) is 0 Å². The Balaban J connectivity index is 4.65. The molecule has 0 aliphatic heterocycles. The predicted octanol–water partition coefficient (Wildman–Crippen LogP) is 3.13. The van der Waals surface area contributed by atoms with Crippen molar-refractivity contribution in [1.82, 2.24) is 0 Å². The predicted molar refractivity (Wildman–Crippen MR) is 69.8 cm³/mol. The summed E-state index contributed by atoms with van der Waals surface area (Å²) in [4.78, 5) is 23.1. The first-order valence-electron chi connectivity index (χ1n) is 6.18. The summed E-state index contributed by atoms with van der Waals surface area (Å²) in [6, 6.07) is 0. The maximum absolute atomic E-state index is 11.7. The van der Waals surface area contributed by atoms with Gasteiger partial charge in [-0.2, -0.15) is 0 Å². The van der Waals surface area contributed by atoms with Crippen LogP contribution in [0.25, 0.3) is 0 Å². The lowest BCUT2D eigenvalue weighted by Gasteiger charge is -2.10. The van der Waals surface area contributed by atoms with Gasteiger partial charge >= 0.3 is 11.9 Å². The maximum Gasteiger partial charge on any atom is 0.338 e. The van der Waals surface area contributed by atoms with Crippen molar-refractivity contribution < 1.29 is 19.1 Å². The molecule has 0 aromatic carbocycles. The van der Waals surface area contributed by atoms with Crippen molar-refractivity contribution in [3.8, 4) is 0 Å². The van der Waals surface area contributed by atoms with E-state index in [-0.39, 0.29) is 0 Å². The molecule has 0 aromatic heterocycles. The van der Waals surface area contributed by atoms with Gasteiger partial charge in [0.15, 0.2) is 0 Å². The highest BCUT2D eigenvalue weighted by molar-refractivity contribution is 5.91. The van der Waals surface area contributed by atoms with Crippen LogP contribution in [0.1, 0.15) is 47.0 Å². The summed E-state index contributed by atoms with van der Waals surface area (Å²) in [5, 5.41) is 0. The Labute approximate surface area is 109 Å². The molecule has 0 amide bonds. The fourth-order valence-corrected chi connectivity index (χ4v) is 1.14. The van der Waals surface area contributed by atoms with E-state index in [1.165, 1.54) is 0 Å². The van der Waals surface area contributed by atoms with E-state index in [1.807, 2.05) is 13.8 Å². The maximum atomic E-state index is 11.7. The number of hydrogen-bond donors (Lipinski definition) is 0. The zero-order valence-corrected chi connectivity index (χ0v) is 11.7. The highest BCUT2D eigenvalue weighted by atomic mass is 16.5. The second-order valence-electron chi connectivity index (χ2n) is 4.06. The molecule has 0 unspecified atom stereocenters. The van der Waals surface area contributed by atoms with Crippen LogP contribution in [0.15, 0.2) is 23.5 Å². The number of ether oxygens (including phenoxy) is 2. The Bertz CT molecular complexity index is 353. The third-order valence-corrected chi connectivity index (χ3v) is 2.34. The molecule has 0 spiro atoms. The van der Waals surface area contributed by atoms with E-state index >= 15 is 0 Å². The molecule has 0 rings (SSSR count). The minimum atomic E-state index is -0.521. The summed E-state index contributed by atoms with van der Waals surface area (Å²) in [6.07, 6.45) is 2.24. The van der Waals surface area contributed by atoms with Gasteiger partial charge in [0.2, 0.25) is 0 Å². The van der Waals surface area contributed by atoms with Crippen LogP contribution in [0.3, 0.4) is 0 Å². The molecule has 0 N–H and O–H groups in total. The van der Waals surface area contributed by atoms with E-state index in [0.717, 1.165) is 12.8 Å². The van der Waals surface area contributed by atoms with Crippen LogP contribution < -0.4 is 0 Å². The van der Waals surface area contributed by atoms with Gasteiger partial charge in [0.25, 0.3) is 0 Å². The van der Waals surface area contributed by atoms with Gasteiger partial charge < -0.3 is 9.47 Å². The number of rotatable bonds is 7. The Morgan fingerprint density at radius 3 is 2.17 bits per heavy atom. The van der Waals surface area contributed by atoms with Crippen molar-refractivity contribution >= 4 is 11.9 Å². The molecule has 0 saturated carbocycles. The number of unbranched alkanes of at least 4 members (excludes halogenated alkanes) is 1. The van der Waals surface area contributed by atoms with Gasteiger partial charge in [-0.15, -0.1) is 0 Å². The van der Waals surface area contributed by atoms with E-state index in [9.17, 15) is 9.59 Å². The zero-order valence-electron chi connectivity index (χ0n) is 11.7. The Hall–Kier alpha value is -1.58. The third-order valence-electron chi connectivity index (χ3n) is 2.34. The van der Waals surface area contributed by atoms with E-state index in [0.29, 0.717) is 29.9 Å². The average molecular weight is 254 g/mol. The van der Waals surface area contributed by atoms with Gasteiger partial charge in [-0.05, 0) is 20.3 Å². The molecule has 0 saturated heterocycles. The Morgan fingerprint density at radius 1 is 1.11 bits per heavy atom. The molecule has 4 nitrogen and oxygen atoms in total. The van der Waals surface area contributed by atoms with Crippen molar-refractivity contribution in [2.24, 2.45) is 0 Å². The molecule has 102 valence electrons. The summed E-state index contributed by atoms with van der Waals surface area (Å²) in [5.41, 5.74) is 0.635. The van der Waals surface area contributed by atoms with Gasteiger partial charge in [0.05, 0.1) is 12.2 Å². The van der Waals surface area contributed by atoms with Crippen LogP contribution in [0, 0.1) is 0 Å². The number of esters is 2. The average Bonchev–Trinajstić information content (AvgIpc) is 2.34. The highest BCUT2D eigenvalue weighted by Gasteiger charge is 2.15. The van der Waals surface area contributed by atoms with Crippen LogP contribution >= 0.6 is 0 Å². The molecule has 0 fully saturated rings. The van der Waals surface area contributed by atoms with Crippen molar-refractivity contribution in [1.29, 1.82) is 0 Å². The van der Waals surface area contributed by atoms with E-state index in [4.69, 9.17) is 9.47 Å². The van der Waals surface area contributed by atoms with Crippen molar-refractivity contribution in [2.45, 2.75) is 47.0 Å². The molecular formula is C14H22O4. The lowest BCUT2D eigenvalue weighted by atomic mass is 10.2. The first-order valence-corrected chi connectivity index (χ1v) is 6.18. The van der Waals surface area contributed by atoms with Crippen molar-refractivity contribution in [2.75, 3.05) is 6.61 Å². The molecule has 4 heteroatoms. The third kappa shape index (κ3) is 5.66. The Kier molecular flexibility index (Phi) is 7.76. The fourth-order valence-electron chi connectivity index (χ4n) is 1.14. The fraction of sp³-hybridized carbons (Fsp3) is 0.571. The summed E-state index contributed by atoms with van der Waals surface area (Å²) in [6.45, 7) is 10.9. The zero-order chi connectivity index (χ0) is 14.1. The van der Waals surface area contributed by atoms with Crippen LogP contribution in [0.4, 0.5) is 0 Å². The SMILES string of the molecule is C=C(C)C(=O)OC(CC)=C(C)C(=O)OCCCC. The molecule has 18 heavy (non-hydrogen) atoms. The summed E-state index contributed by atoms with van der Waals surface area (Å²) in [5.74, 6) is -0.619. The molecule has 0 radical (unpaired) electrons. The van der Waals surface area contributed by atoms with Gasteiger partial charge in [-0.25, -0.2) is 9.59 Å². The molecule has 0 aliphatic carbocycles. The van der Waals surface area contributed by atoms with Crippen molar-refractivity contribution in [3.05, 3.63) is 23.5 Å². The van der Waals surface area contributed by atoms with Crippen molar-refractivity contribution in [3.63, 3.8) is 0 Å². The highest BCUT2D eigenvalue weighted by Crippen LogP contribution is 2.14. The van der Waals surface area contributed by atoms with Gasteiger partial charge in [0.1, 0.15) is 5.76 Å². The smallest absolute Gasteiger partial charge is 0.338 e. The van der Waals surface area contributed by atoms with Crippen LogP contribution in [-0.2, 0) is 19.1 Å². The molecule has 0 heterocycles. The van der Waals surface area contributed by atoms with E-state index < -0.39 is 11.9 Å². The minimum Gasteiger partial charge on any atom is -0.462 e. The number of allylic oxidation sites excluding steroid dienone is 1. The molecule has 0 atom stereocenters. The Morgan fingerprint density at radius 2 is 1.72 bits per heavy atom. The summed E-state index contributed by atoms with van der Waals surface area (Å²) < 4.78 is 10.1. The van der Waals surface area contributed by atoms with Gasteiger partial charge in [-0.1, -0.05) is 26.8 Å². The van der Waals surface area contributed by atoms with Crippen LogP contribution in [0.5, 0.6) is 0 Å². The first-order chi connectivity index (χ1) is 8.43. The van der Waals surface area contributed by atoms with E-state index in [2.05, 4.69) is 6.58 Å². The number of carbonyl (C=O) groups is 2. The second kappa shape index (κ2) is 8.50. The summed E-state index contributed by atoms with van der Waals surface area (Å²) in [7, 11) is 0. The monoisotopic (exact) mass is 254 g/mol. The van der Waals surface area contributed by atoms with E-state index in [1.54, 1.807) is 13.8 Å².